The van der Waals surface area contributed by atoms with Gasteiger partial charge in [-0.05, 0) is 35.7 Å². The van der Waals surface area contributed by atoms with E-state index in [-0.39, 0.29) is 11.9 Å². The molecule has 4 rings (SSSR count). The number of rotatable bonds is 2. The zero-order valence-corrected chi connectivity index (χ0v) is 14.4. The van der Waals surface area contributed by atoms with Gasteiger partial charge in [0.05, 0.1) is 12.3 Å². The number of nitrogens with one attached hydrogen (secondary N) is 1. The fraction of sp³-hybridized carbons (Fsp3) is 0.167. The molecule has 0 aliphatic carbocycles. The lowest BCUT2D eigenvalue weighted by Gasteiger charge is -2.24. The summed E-state index contributed by atoms with van der Waals surface area (Å²) in [5.74, 6) is 0.0993. The Morgan fingerprint density at radius 3 is 2.79 bits per heavy atom. The van der Waals surface area contributed by atoms with Crippen LogP contribution in [0, 0.1) is 0 Å². The quantitative estimate of drug-likeness (QED) is 0.272. The second kappa shape index (κ2) is 5.96. The molecule has 0 saturated heterocycles. The second-order valence-electron chi connectivity index (χ2n) is 5.82. The van der Waals surface area contributed by atoms with E-state index < -0.39 is 0 Å². The predicted molar refractivity (Wildman–Crippen MR) is 96.5 cm³/mol. The van der Waals surface area contributed by atoms with Crippen molar-refractivity contribution in [3.8, 4) is 0 Å². The summed E-state index contributed by atoms with van der Waals surface area (Å²) in [6.45, 7) is 0.680. The van der Waals surface area contributed by atoms with E-state index in [0.717, 1.165) is 27.7 Å². The fourth-order valence-electron chi connectivity index (χ4n) is 3.25. The summed E-state index contributed by atoms with van der Waals surface area (Å²) in [5.41, 5.74) is 10.9. The lowest BCUT2D eigenvalue weighted by atomic mass is 9.97. The molecule has 1 atom stereocenters. The van der Waals surface area contributed by atoms with E-state index in [1.54, 1.807) is 0 Å². The molecule has 6 heteroatoms. The SMILES string of the molecule is NC(=NO)c1ccc(C2OCCc3c2[nH]c2ccc(Br)cc32)cc1. The van der Waals surface area contributed by atoms with Crippen molar-refractivity contribution in [2.75, 3.05) is 6.61 Å². The van der Waals surface area contributed by atoms with E-state index in [0.29, 0.717) is 12.2 Å². The molecule has 2 heterocycles. The van der Waals surface area contributed by atoms with Crippen LogP contribution in [0.5, 0.6) is 0 Å². The molecule has 1 aliphatic rings. The highest BCUT2D eigenvalue weighted by Gasteiger charge is 2.26. The zero-order valence-electron chi connectivity index (χ0n) is 12.8. The van der Waals surface area contributed by atoms with Gasteiger partial charge in [0, 0.05) is 20.9 Å². The number of H-pyrrole nitrogens is 1. The zero-order chi connectivity index (χ0) is 16.7. The summed E-state index contributed by atoms with van der Waals surface area (Å²) >= 11 is 3.54. The number of ether oxygens (including phenoxy) is 1. The van der Waals surface area contributed by atoms with Crippen molar-refractivity contribution in [3.05, 3.63) is 69.3 Å². The lowest BCUT2D eigenvalue weighted by molar-refractivity contribution is 0.0677. The number of halogens is 1. The van der Waals surface area contributed by atoms with Crippen LogP contribution in [0.3, 0.4) is 0 Å². The fourth-order valence-corrected chi connectivity index (χ4v) is 3.61. The number of oxime groups is 1. The van der Waals surface area contributed by atoms with Gasteiger partial charge in [0.2, 0.25) is 0 Å². The van der Waals surface area contributed by atoms with Gasteiger partial charge >= 0.3 is 0 Å². The van der Waals surface area contributed by atoms with Crippen LogP contribution in [0.4, 0.5) is 0 Å². The maximum Gasteiger partial charge on any atom is 0.170 e. The van der Waals surface area contributed by atoms with Crippen LogP contribution < -0.4 is 5.73 Å². The van der Waals surface area contributed by atoms with Crippen LogP contribution in [-0.2, 0) is 11.2 Å². The van der Waals surface area contributed by atoms with Crippen molar-refractivity contribution in [1.29, 1.82) is 0 Å². The molecule has 5 nitrogen and oxygen atoms in total. The first kappa shape index (κ1) is 15.2. The number of hydrogen-bond acceptors (Lipinski definition) is 3. The summed E-state index contributed by atoms with van der Waals surface area (Å²) in [6.07, 6.45) is 0.756. The first-order valence-corrected chi connectivity index (χ1v) is 8.46. The molecule has 0 saturated carbocycles. The van der Waals surface area contributed by atoms with E-state index in [2.05, 4.69) is 38.2 Å². The number of hydrogen-bond donors (Lipinski definition) is 3. The third-order valence-electron chi connectivity index (χ3n) is 4.42. The number of fused-ring (bicyclic) bond motifs is 3. The van der Waals surface area contributed by atoms with E-state index >= 15 is 0 Å². The smallest absolute Gasteiger partial charge is 0.170 e. The molecule has 24 heavy (non-hydrogen) atoms. The van der Waals surface area contributed by atoms with E-state index in [4.69, 9.17) is 15.7 Å². The van der Waals surface area contributed by atoms with Gasteiger partial charge in [0.1, 0.15) is 6.10 Å². The molecule has 0 radical (unpaired) electrons. The Bertz CT molecular complexity index is 931. The second-order valence-corrected chi connectivity index (χ2v) is 6.73. The highest BCUT2D eigenvalue weighted by atomic mass is 79.9. The minimum absolute atomic E-state index is 0.0993. The molecule has 0 spiro atoms. The molecular formula is C18H16BrN3O2. The van der Waals surface area contributed by atoms with Crippen LogP contribution in [0.25, 0.3) is 10.9 Å². The Morgan fingerprint density at radius 2 is 2.04 bits per heavy atom. The number of aromatic amines is 1. The summed E-state index contributed by atoms with van der Waals surface area (Å²) < 4.78 is 7.10. The number of aromatic nitrogens is 1. The van der Waals surface area contributed by atoms with Gasteiger partial charge in [-0.25, -0.2) is 0 Å². The molecule has 1 aliphatic heterocycles. The molecule has 1 aromatic heterocycles. The maximum atomic E-state index is 8.77. The summed E-state index contributed by atoms with van der Waals surface area (Å²) in [4.78, 5) is 3.51. The van der Waals surface area contributed by atoms with Gasteiger partial charge in [-0.1, -0.05) is 45.4 Å². The minimum atomic E-state index is -0.138. The number of nitrogens with zero attached hydrogens (tertiary/aromatic N) is 1. The Morgan fingerprint density at radius 1 is 1.25 bits per heavy atom. The third kappa shape index (κ3) is 2.48. The Balaban J connectivity index is 1.78. The number of benzene rings is 2. The highest BCUT2D eigenvalue weighted by molar-refractivity contribution is 9.10. The highest BCUT2D eigenvalue weighted by Crippen LogP contribution is 2.37. The minimum Gasteiger partial charge on any atom is -0.409 e. The molecule has 3 aromatic rings. The normalized spacial score (nSPS) is 17.9. The Kier molecular flexibility index (Phi) is 3.78. The average Bonchev–Trinajstić information content (AvgIpc) is 2.99. The molecule has 2 aromatic carbocycles. The topological polar surface area (TPSA) is 83.6 Å². The monoisotopic (exact) mass is 385 g/mol. The van der Waals surface area contributed by atoms with Gasteiger partial charge in [0.25, 0.3) is 0 Å². The van der Waals surface area contributed by atoms with Crippen LogP contribution in [0.2, 0.25) is 0 Å². The van der Waals surface area contributed by atoms with Crippen molar-refractivity contribution < 1.29 is 9.94 Å². The first-order valence-electron chi connectivity index (χ1n) is 7.67. The molecule has 1 unspecified atom stereocenters. The van der Waals surface area contributed by atoms with Crippen LogP contribution in [0.1, 0.15) is 28.5 Å². The maximum absolute atomic E-state index is 8.77. The predicted octanol–water partition coefficient (Wildman–Crippen LogP) is 3.69. The third-order valence-corrected chi connectivity index (χ3v) is 4.91. The van der Waals surface area contributed by atoms with Crippen molar-refractivity contribution >= 4 is 32.7 Å². The number of amidine groups is 1. The standard InChI is InChI=1S/C18H16BrN3O2/c19-12-5-6-15-14(9-12)13-7-8-24-17(16(13)21-15)10-1-3-11(4-2-10)18(20)22-23/h1-6,9,17,21,23H,7-8H2,(H2,20,22). The van der Waals surface area contributed by atoms with Gasteiger partial charge in [-0.2, -0.15) is 0 Å². The van der Waals surface area contributed by atoms with Gasteiger partial charge in [-0.3, -0.25) is 0 Å². The largest absolute Gasteiger partial charge is 0.409 e. The molecule has 0 bridgehead atoms. The van der Waals surface area contributed by atoms with Crippen molar-refractivity contribution in [2.24, 2.45) is 10.9 Å². The van der Waals surface area contributed by atoms with Crippen LogP contribution in [-0.4, -0.2) is 22.6 Å². The summed E-state index contributed by atoms with van der Waals surface area (Å²) in [6, 6.07) is 13.8. The molecule has 0 fully saturated rings. The first-order chi connectivity index (χ1) is 11.7. The Labute approximate surface area is 147 Å². The average molecular weight is 386 g/mol. The van der Waals surface area contributed by atoms with Gasteiger partial charge in [-0.15, -0.1) is 0 Å². The van der Waals surface area contributed by atoms with E-state index in [1.807, 2.05) is 30.3 Å². The summed E-state index contributed by atoms with van der Waals surface area (Å²) in [5, 5.41) is 13.0. The summed E-state index contributed by atoms with van der Waals surface area (Å²) in [7, 11) is 0. The van der Waals surface area contributed by atoms with Crippen molar-refractivity contribution in [1.82, 2.24) is 4.98 Å². The van der Waals surface area contributed by atoms with Gasteiger partial charge in [0.15, 0.2) is 5.84 Å². The van der Waals surface area contributed by atoms with E-state index in [1.165, 1.54) is 10.9 Å². The molecule has 0 amide bonds. The van der Waals surface area contributed by atoms with Gasteiger partial charge < -0.3 is 20.7 Å². The van der Waals surface area contributed by atoms with E-state index in [9.17, 15) is 0 Å². The molecule has 4 N–H and O–H groups in total. The van der Waals surface area contributed by atoms with Crippen molar-refractivity contribution in [3.63, 3.8) is 0 Å². The molecular weight excluding hydrogens is 370 g/mol. The van der Waals surface area contributed by atoms with Crippen LogP contribution >= 0.6 is 15.9 Å². The Hall–Kier alpha value is -2.31. The van der Waals surface area contributed by atoms with Crippen LogP contribution in [0.15, 0.2) is 52.1 Å². The number of nitrogens with two attached hydrogens (primary N) is 1. The molecule has 122 valence electrons. The lowest BCUT2D eigenvalue weighted by Crippen LogP contribution is -2.17. The van der Waals surface area contributed by atoms with Crippen molar-refractivity contribution in [2.45, 2.75) is 12.5 Å².